The van der Waals surface area contributed by atoms with E-state index in [0.717, 1.165) is 23.4 Å². The Kier molecular flexibility index (Phi) is 5.05. The van der Waals surface area contributed by atoms with E-state index in [1.807, 2.05) is 0 Å². The fraction of sp³-hybridized carbons (Fsp3) is 0.643. The highest BCUT2D eigenvalue weighted by atomic mass is 32.2. The van der Waals surface area contributed by atoms with Gasteiger partial charge in [0, 0.05) is 13.1 Å². The van der Waals surface area contributed by atoms with Crippen LogP contribution in [0.2, 0.25) is 0 Å². The normalized spacial score (nSPS) is 20.0. The van der Waals surface area contributed by atoms with Gasteiger partial charge >= 0.3 is 0 Å². The molecule has 21 heavy (non-hydrogen) atoms. The second-order valence-electron chi connectivity index (χ2n) is 5.70. The van der Waals surface area contributed by atoms with Crippen LogP contribution in [0.1, 0.15) is 25.5 Å². The summed E-state index contributed by atoms with van der Waals surface area (Å²) in [5.41, 5.74) is 0. The molecule has 0 radical (unpaired) electrons. The highest BCUT2D eigenvalue weighted by Crippen LogP contribution is 2.16. The lowest BCUT2D eigenvalue weighted by atomic mass is 10.0. The van der Waals surface area contributed by atoms with Crippen LogP contribution in [0.5, 0.6) is 0 Å². The van der Waals surface area contributed by atoms with Crippen molar-refractivity contribution in [2.45, 2.75) is 26.3 Å². The molecule has 1 unspecified atom stereocenters. The van der Waals surface area contributed by atoms with Crippen LogP contribution in [-0.4, -0.2) is 49.4 Å². The Hall–Kier alpha value is -1.34. The molecule has 1 aliphatic rings. The van der Waals surface area contributed by atoms with Crippen molar-refractivity contribution >= 4 is 15.9 Å². The molecule has 7 heteroatoms. The second kappa shape index (κ2) is 6.62. The first-order valence-corrected chi connectivity index (χ1v) is 8.96. The topological polar surface area (TPSA) is 70.8 Å². The van der Waals surface area contributed by atoms with Crippen LogP contribution in [0.4, 0.5) is 0 Å². The van der Waals surface area contributed by atoms with Crippen LogP contribution in [0.3, 0.4) is 0 Å². The third-order valence-corrected chi connectivity index (χ3v) is 4.90. The quantitative estimate of drug-likeness (QED) is 0.821. The molecule has 1 amide bonds. The maximum absolute atomic E-state index is 12.3. The van der Waals surface area contributed by atoms with Crippen LogP contribution in [-0.2, 0) is 21.4 Å². The summed E-state index contributed by atoms with van der Waals surface area (Å²) in [5, 5.41) is 0. The molecule has 1 aromatic rings. The Balaban J connectivity index is 2.03. The Bertz CT molecular complexity index is 568. The number of furan rings is 1. The summed E-state index contributed by atoms with van der Waals surface area (Å²) in [4.78, 5) is 14.1. The van der Waals surface area contributed by atoms with Gasteiger partial charge in [-0.15, -0.1) is 0 Å². The van der Waals surface area contributed by atoms with Crippen molar-refractivity contribution in [3.8, 4) is 0 Å². The minimum absolute atomic E-state index is 0.0843. The van der Waals surface area contributed by atoms with Crippen LogP contribution in [0.25, 0.3) is 0 Å². The predicted octanol–water partition coefficient (Wildman–Crippen LogP) is 1.30. The molecule has 2 rings (SSSR count). The lowest BCUT2D eigenvalue weighted by molar-refractivity contribution is -0.133. The third kappa shape index (κ3) is 4.57. The summed E-state index contributed by atoms with van der Waals surface area (Å²) in [6.45, 7) is 3.47. The first-order chi connectivity index (χ1) is 9.86. The molecule has 1 aliphatic heterocycles. The number of piperidine rings is 1. The lowest BCUT2D eigenvalue weighted by Crippen LogP contribution is -2.45. The maximum Gasteiger partial charge on any atom is 0.237 e. The van der Waals surface area contributed by atoms with Crippen LogP contribution in [0.15, 0.2) is 22.8 Å². The first-order valence-electron chi connectivity index (χ1n) is 7.11. The summed E-state index contributed by atoms with van der Waals surface area (Å²) in [6, 6.07) is 3.40. The van der Waals surface area contributed by atoms with E-state index >= 15 is 0 Å². The van der Waals surface area contributed by atoms with Crippen molar-refractivity contribution in [1.29, 1.82) is 0 Å². The first kappa shape index (κ1) is 16.0. The number of carbonyl (C=O) groups is 1. The molecule has 0 saturated carbocycles. The second-order valence-corrected chi connectivity index (χ2v) is 7.68. The molecule has 1 fully saturated rings. The molecule has 0 aromatic carbocycles. The van der Waals surface area contributed by atoms with E-state index in [1.54, 1.807) is 17.0 Å². The van der Waals surface area contributed by atoms with E-state index in [1.165, 1.54) is 6.26 Å². The number of rotatable bonds is 5. The van der Waals surface area contributed by atoms with Crippen LogP contribution < -0.4 is 0 Å². The van der Waals surface area contributed by atoms with Gasteiger partial charge in [-0.2, -0.15) is 4.31 Å². The molecule has 0 N–H and O–H groups in total. The highest BCUT2D eigenvalue weighted by molar-refractivity contribution is 7.88. The molecule has 1 atom stereocenters. The predicted molar refractivity (Wildman–Crippen MR) is 78.9 cm³/mol. The molecule has 2 heterocycles. The molecule has 6 nitrogen and oxygen atoms in total. The maximum atomic E-state index is 12.3. The zero-order valence-corrected chi connectivity index (χ0v) is 13.3. The summed E-state index contributed by atoms with van der Waals surface area (Å²) in [5.74, 6) is 0.859. The number of sulfonamides is 1. The molecular weight excluding hydrogens is 292 g/mol. The Labute approximate surface area is 125 Å². The zero-order valence-electron chi connectivity index (χ0n) is 12.5. The van der Waals surface area contributed by atoms with Crippen molar-refractivity contribution in [2.75, 3.05) is 25.9 Å². The van der Waals surface area contributed by atoms with Gasteiger partial charge in [0.05, 0.1) is 25.6 Å². The lowest BCUT2D eigenvalue weighted by Gasteiger charge is -2.32. The SMILES string of the molecule is CC1CCCN(C(=O)CN(Cc2ccco2)S(C)(=O)=O)C1. The van der Waals surface area contributed by atoms with Crippen molar-refractivity contribution in [3.05, 3.63) is 24.2 Å². The van der Waals surface area contributed by atoms with E-state index in [4.69, 9.17) is 4.42 Å². The van der Waals surface area contributed by atoms with Crippen LogP contribution in [0, 0.1) is 5.92 Å². The van der Waals surface area contributed by atoms with E-state index in [2.05, 4.69) is 6.92 Å². The van der Waals surface area contributed by atoms with Gasteiger partial charge in [-0.25, -0.2) is 8.42 Å². The van der Waals surface area contributed by atoms with Gasteiger partial charge in [0.25, 0.3) is 0 Å². The van der Waals surface area contributed by atoms with Crippen molar-refractivity contribution in [3.63, 3.8) is 0 Å². The number of likely N-dealkylation sites (tertiary alicyclic amines) is 1. The Morgan fingerprint density at radius 2 is 2.29 bits per heavy atom. The Morgan fingerprint density at radius 1 is 1.52 bits per heavy atom. The molecule has 0 bridgehead atoms. The van der Waals surface area contributed by atoms with E-state index in [9.17, 15) is 13.2 Å². The number of nitrogens with zero attached hydrogens (tertiary/aromatic N) is 2. The van der Waals surface area contributed by atoms with Gasteiger partial charge in [-0.3, -0.25) is 4.79 Å². The summed E-state index contributed by atoms with van der Waals surface area (Å²) < 4.78 is 30.0. The number of amides is 1. The number of carbonyl (C=O) groups excluding carboxylic acids is 1. The summed E-state index contributed by atoms with van der Waals surface area (Å²) >= 11 is 0. The highest BCUT2D eigenvalue weighted by Gasteiger charge is 2.26. The smallest absolute Gasteiger partial charge is 0.237 e. The molecular formula is C14H22N2O4S. The van der Waals surface area contributed by atoms with Gasteiger partial charge in [0.15, 0.2) is 0 Å². The molecule has 1 aromatic heterocycles. The molecule has 0 spiro atoms. The van der Waals surface area contributed by atoms with Gasteiger partial charge in [0.2, 0.25) is 15.9 Å². The zero-order chi connectivity index (χ0) is 15.5. The van der Waals surface area contributed by atoms with Crippen molar-refractivity contribution in [1.82, 2.24) is 9.21 Å². The van der Waals surface area contributed by atoms with E-state index in [0.29, 0.717) is 24.8 Å². The van der Waals surface area contributed by atoms with Gasteiger partial charge in [-0.05, 0) is 30.9 Å². The van der Waals surface area contributed by atoms with E-state index in [-0.39, 0.29) is 19.0 Å². The monoisotopic (exact) mass is 314 g/mol. The number of hydrogen-bond donors (Lipinski definition) is 0. The van der Waals surface area contributed by atoms with E-state index < -0.39 is 10.0 Å². The standard InChI is InChI=1S/C14H22N2O4S/c1-12-5-3-7-15(9-12)14(17)11-16(21(2,18)19)10-13-6-4-8-20-13/h4,6,8,12H,3,5,7,9-11H2,1-2H3. The van der Waals surface area contributed by atoms with Crippen LogP contribution >= 0.6 is 0 Å². The minimum Gasteiger partial charge on any atom is -0.468 e. The fourth-order valence-electron chi connectivity index (χ4n) is 2.53. The van der Waals surface area contributed by atoms with Gasteiger partial charge in [-0.1, -0.05) is 6.92 Å². The third-order valence-electron chi connectivity index (χ3n) is 3.70. The minimum atomic E-state index is -3.46. The summed E-state index contributed by atoms with van der Waals surface area (Å²) in [6.07, 6.45) is 4.70. The summed E-state index contributed by atoms with van der Waals surface area (Å²) in [7, 11) is -3.46. The average molecular weight is 314 g/mol. The van der Waals surface area contributed by atoms with Crippen molar-refractivity contribution < 1.29 is 17.6 Å². The fourth-order valence-corrected chi connectivity index (χ4v) is 3.24. The Morgan fingerprint density at radius 3 is 2.86 bits per heavy atom. The van der Waals surface area contributed by atoms with Crippen molar-refractivity contribution in [2.24, 2.45) is 5.92 Å². The molecule has 0 aliphatic carbocycles. The average Bonchev–Trinajstić information content (AvgIpc) is 2.89. The number of hydrogen-bond acceptors (Lipinski definition) is 4. The van der Waals surface area contributed by atoms with Gasteiger partial charge in [0.1, 0.15) is 5.76 Å². The molecule has 118 valence electrons. The van der Waals surface area contributed by atoms with Gasteiger partial charge < -0.3 is 9.32 Å². The largest absolute Gasteiger partial charge is 0.468 e. The molecule has 1 saturated heterocycles.